The summed E-state index contributed by atoms with van der Waals surface area (Å²) in [6.07, 6.45) is 0. The minimum absolute atomic E-state index is 0.146. The Kier molecular flexibility index (Phi) is 6.26. The minimum Gasteiger partial charge on any atom is -0.379 e. The Balaban J connectivity index is 1.78. The third kappa shape index (κ3) is 4.51. The molecule has 6 heteroatoms. The molecule has 0 heterocycles. The van der Waals surface area contributed by atoms with Gasteiger partial charge in [0.1, 0.15) is 10.6 Å². The Labute approximate surface area is 212 Å². The fourth-order valence-corrected chi connectivity index (χ4v) is 6.68. The van der Waals surface area contributed by atoms with E-state index in [0.717, 1.165) is 22.2 Å². The lowest BCUT2D eigenvalue weighted by Crippen LogP contribution is -2.13. The van der Waals surface area contributed by atoms with Crippen LogP contribution in [0.1, 0.15) is 0 Å². The van der Waals surface area contributed by atoms with E-state index in [1.807, 2.05) is 91.0 Å². The van der Waals surface area contributed by atoms with Crippen LogP contribution < -0.4 is 9.50 Å². The molecule has 0 aliphatic heterocycles. The van der Waals surface area contributed by atoms with Crippen LogP contribution in [0.3, 0.4) is 0 Å². The maximum Gasteiger partial charge on any atom is 0.341 e. The molecule has 1 N–H and O–H groups in total. The number of fused-ring (bicyclic) bond motifs is 1. The molecular weight excluding hydrogens is 557 g/mol. The molecule has 4 nitrogen and oxygen atoms in total. The lowest BCUT2D eigenvalue weighted by molar-refractivity contribution is 0.486. The number of rotatable bonds is 6. The molecule has 0 atom stereocenters. The van der Waals surface area contributed by atoms with E-state index in [4.69, 9.17) is 4.18 Å². The van der Waals surface area contributed by atoms with Crippen LogP contribution in [0.4, 0.5) is 11.4 Å². The average molecular weight is 577 g/mol. The van der Waals surface area contributed by atoms with Crippen molar-refractivity contribution in [1.82, 2.24) is 0 Å². The number of halogens is 1. The van der Waals surface area contributed by atoms with Gasteiger partial charge in [0.25, 0.3) is 0 Å². The molecule has 168 valence electrons. The second-order valence-electron chi connectivity index (χ2n) is 7.68. The highest BCUT2D eigenvalue weighted by molar-refractivity contribution is 14.1. The van der Waals surface area contributed by atoms with E-state index in [2.05, 4.69) is 27.9 Å². The molecule has 0 unspecified atom stereocenters. The van der Waals surface area contributed by atoms with Crippen LogP contribution in [-0.2, 0) is 10.1 Å². The van der Waals surface area contributed by atoms with Gasteiger partial charge in [-0.3, -0.25) is 0 Å². The fraction of sp³-hybridized carbons (Fsp3) is 0. The van der Waals surface area contributed by atoms with E-state index in [1.54, 1.807) is 24.3 Å². The van der Waals surface area contributed by atoms with Crippen molar-refractivity contribution >= 4 is 54.9 Å². The van der Waals surface area contributed by atoms with Crippen molar-refractivity contribution < 1.29 is 12.6 Å². The molecule has 0 saturated carbocycles. The first-order chi connectivity index (χ1) is 16.5. The molecule has 0 amide bonds. The van der Waals surface area contributed by atoms with Gasteiger partial charge in [0, 0.05) is 20.3 Å². The Morgan fingerprint density at radius 2 is 1.32 bits per heavy atom. The Morgan fingerprint density at radius 1 is 0.706 bits per heavy atom. The minimum atomic E-state index is -4.16. The van der Waals surface area contributed by atoms with Gasteiger partial charge in [0.05, 0.1) is 0 Å². The van der Waals surface area contributed by atoms with Crippen molar-refractivity contribution in [1.29, 1.82) is 0 Å². The van der Waals surface area contributed by atoms with Gasteiger partial charge in [-0.05, 0) is 75.5 Å². The lowest BCUT2D eigenvalue weighted by Gasteiger charge is -2.18. The molecule has 0 saturated heterocycles. The summed E-state index contributed by atoms with van der Waals surface area (Å²) in [5.41, 5.74) is 3.33. The van der Waals surface area contributed by atoms with Crippen LogP contribution in [0.5, 0.6) is 5.75 Å². The first kappa shape index (κ1) is 22.4. The van der Waals surface area contributed by atoms with Gasteiger partial charge in [0.15, 0.2) is 0 Å². The highest BCUT2D eigenvalue weighted by Crippen LogP contribution is 2.41. The summed E-state index contributed by atoms with van der Waals surface area (Å²) in [6.45, 7) is 0. The third-order valence-electron chi connectivity index (χ3n) is 5.40. The van der Waals surface area contributed by atoms with Gasteiger partial charge in [-0.25, -0.2) is 0 Å². The quantitative estimate of drug-likeness (QED) is 0.167. The Bertz CT molecular complexity index is 1560. The zero-order valence-corrected chi connectivity index (χ0v) is 21.0. The van der Waals surface area contributed by atoms with Gasteiger partial charge in [-0.1, -0.05) is 78.9 Å². The summed E-state index contributed by atoms with van der Waals surface area (Å²) >= 11 is 2.12. The molecule has 0 aromatic heterocycles. The van der Waals surface area contributed by atoms with Crippen molar-refractivity contribution in [3.63, 3.8) is 0 Å². The van der Waals surface area contributed by atoms with E-state index >= 15 is 0 Å². The smallest absolute Gasteiger partial charge is 0.341 e. The molecule has 5 aromatic carbocycles. The van der Waals surface area contributed by atoms with Crippen LogP contribution in [-0.4, -0.2) is 8.42 Å². The van der Waals surface area contributed by atoms with Crippen molar-refractivity contribution in [2.24, 2.45) is 0 Å². The van der Waals surface area contributed by atoms with Gasteiger partial charge in [-0.2, -0.15) is 8.42 Å². The molecule has 34 heavy (non-hydrogen) atoms. The third-order valence-corrected chi connectivity index (χ3v) is 8.20. The van der Waals surface area contributed by atoms with Crippen molar-refractivity contribution in [2.45, 2.75) is 4.90 Å². The van der Waals surface area contributed by atoms with E-state index in [-0.39, 0.29) is 10.6 Å². The van der Waals surface area contributed by atoms with Gasteiger partial charge in [0.2, 0.25) is 0 Å². The second kappa shape index (κ2) is 9.48. The highest BCUT2D eigenvalue weighted by atomic mass is 127. The van der Waals surface area contributed by atoms with E-state index in [9.17, 15) is 8.42 Å². The fourth-order valence-electron chi connectivity index (χ4n) is 3.88. The zero-order chi connectivity index (χ0) is 23.5. The molecule has 0 aliphatic rings. The first-order valence-electron chi connectivity index (χ1n) is 10.7. The average Bonchev–Trinajstić information content (AvgIpc) is 2.85. The monoisotopic (exact) mass is 577 g/mol. The summed E-state index contributed by atoms with van der Waals surface area (Å²) in [4.78, 5) is 0.146. The van der Waals surface area contributed by atoms with E-state index in [1.165, 1.54) is 0 Å². The number of benzene rings is 5. The van der Waals surface area contributed by atoms with Crippen LogP contribution in [0.15, 0.2) is 120 Å². The second-order valence-corrected chi connectivity index (χ2v) is 10.2. The number of hydrogen-bond donors (Lipinski definition) is 1. The van der Waals surface area contributed by atoms with Crippen molar-refractivity contribution in [3.8, 4) is 16.9 Å². The summed E-state index contributed by atoms with van der Waals surface area (Å²) in [5, 5.41) is 4.78. The molecule has 5 aromatic rings. The molecule has 5 rings (SSSR count). The van der Waals surface area contributed by atoms with Gasteiger partial charge >= 0.3 is 10.1 Å². The van der Waals surface area contributed by atoms with Crippen LogP contribution in [0.2, 0.25) is 0 Å². The lowest BCUT2D eigenvalue weighted by atomic mass is 10.00. The highest BCUT2D eigenvalue weighted by Gasteiger charge is 2.28. The van der Waals surface area contributed by atoms with E-state index in [0.29, 0.717) is 14.6 Å². The summed E-state index contributed by atoms with van der Waals surface area (Å²) in [5.74, 6) is 0.269. The summed E-state index contributed by atoms with van der Waals surface area (Å²) in [7, 11) is -4.16. The van der Waals surface area contributed by atoms with Crippen molar-refractivity contribution in [2.75, 3.05) is 5.32 Å². The molecule has 0 aliphatic carbocycles. The zero-order valence-electron chi connectivity index (χ0n) is 18.0. The molecular formula is C28H20INO3S. The maximum atomic E-state index is 13.8. The topological polar surface area (TPSA) is 55.4 Å². The first-order valence-corrected chi connectivity index (χ1v) is 13.1. The van der Waals surface area contributed by atoms with Crippen LogP contribution in [0.25, 0.3) is 21.9 Å². The Hall–Kier alpha value is -3.36. The van der Waals surface area contributed by atoms with Crippen LogP contribution >= 0.6 is 22.6 Å². The number of anilines is 2. The summed E-state index contributed by atoms with van der Waals surface area (Å²) in [6, 6.07) is 35.8. The SMILES string of the molecule is O=S(=O)(Oc1ccccc1)c1c(I)c(-c2ccccc2)cc2cccc(Nc3ccccc3)c12. The van der Waals surface area contributed by atoms with E-state index < -0.39 is 10.1 Å². The molecule has 0 spiro atoms. The molecule has 0 bridgehead atoms. The predicted octanol–water partition coefficient (Wildman–Crippen LogP) is 7.62. The normalized spacial score (nSPS) is 11.3. The maximum absolute atomic E-state index is 13.8. The summed E-state index contributed by atoms with van der Waals surface area (Å²) < 4.78 is 33.8. The Morgan fingerprint density at radius 3 is 2.00 bits per heavy atom. The standard InChI is InChI=1S/C28H20INO3S/c29-27-24(20-11-4-1-5-12-20)19-21-13-10-18-25(30-22-14-6-2-7-15-22)26(21)28(27)34(31,32)33-23-16-8-3-9-17-23/h1-19,30H. The number of nitrogens with one attached hydrogen (secondary N) is 1. The number of hydrogen-bond acceptors (Lipinski definition) is 4. The molecule has 0 fully saturated rings. The molecule has 0 radical (unpaired) electrons. The van der Waals surface area contributed by atoms with Gasteiger partial charge < -0.3 is 9.50 Å². The largest absolute Gasteiger partial charge is 0.379 e. The number of para-hydroxylation sites is 2. The van der Waals surface area contributed by atoms with Crippen LogP contribution in [0, 0.1) is 3.57 Å². The predicted molar refractivity (Wildman–Crippen MR) is 146 cm³/mol. The van der Waals surface area contributed by atoms with Gasteiger partial charge in [-0.15, -0.1) is 0 Å². The van der Waals surface area contributed by atoms with Crippen molar-refractivity contribution in [3.05, 3.63) is 119 Å².